The molecule has 0 spiro atoms. The molecular weight excluding hydrogens is 335 g/mol. The molecule has 2 saturated carbocycles. The maximum Gasteiger partial charge on any atom is 0.247 e. The molecule has 1 aromatic carbocycles. The van der Waals surface area contributed by atoms with Crippen LogP contribution >= 0.6 is 0 Å². The van der Waals surface area contributed by atoms with Crippen molar-refractivity contribution in [2.45, 2.75) is 19.4 Å². The second-order valence-corrected chi connectivity index (χ2v) is 7.87. The molecule has 0 aromatic heterocycles. The van der Waals surface area contributed by atoms with Crippen LogP contribution in [0.3, 0.4) is 0 Å². The van der Waals surface area contributed by atoms with Crippen molar-refractivity contribution >= 4 is 23.4 Å². The van der Waals surface area contributed by atoms with Gasteiger partial charge < -0.3 is 5.32 Å². The summed E-state index contributed by atoms with van der Waals surface area (Å²) >= 11 is 0. The number of hydrogen-bond acceptors (Lipinski definition) is 3. The standard InChI is InChI=1S/C20H19FN2O3/c1-9(18(24)22-11-4-2-10(21)3-5-11)23-19(25)16-12-6-7-13(15-8-14(12)15)17(16)20(23)26/h2-7,9,12-17H,8H2,1H3,(H,22,24)/t9-,12-,13-,14-,15-,16+,17+/m1/s1. The average molecular weight is 354 g/mol. The number of nitrogens with zero attached hydrogens (tertiary/aromatic N) is 1. The highest BCUT2D eigenvalue weighted by Gasteiger charge is 2.67. The Bertz CT molecular complexity index is 813. The predicted octanol–water partition coefficient (Wildman–Crippen LogP) is 2.21. The molecule has 0 unspecified atom stereocenters. The van der Waals surface area contributed by atoms with Crippen molar-refractivity contribution in [1.29, 1.82) is 0 Å². The van der Waals surface area contributed by atoms with Crippen LogP contribution in [0.4, 0.5) is 10.1 Å². The van der Waals surface area contributed by atoms with E-state index in [9.17, 15) is 18.8 Å². The monoisotopic (exact) mass is 354 g/mol. The first-order chi connectivity index (χ1) is 12.5. The lowest BCUT2D eigenvalue weighted by Crippen LogP contribution is -2.46. The van der Waals surface area contributed by atoms with Gasteiger partial charge in [-0.05, 0) is 61.3 Å². The largest absolute Gasteiger partial charge is 0.324 e. The number of rotatable bonds is 3. The zero-order valence-electron chi connectivity index (χ0n) is 14.3. The fourth-order valence-electron chi connectivity index (χ4n) is 5.26. The molecule has 1 saturated heterocycles. The maximum absolute atomic E-state index is 13.0. The minimum absolute atomic E-state index is 0.142. The number of halogens is 1. The van der Waals surface area contributed by atoms with Crippen LogP contribution in [0.5, 0.6) is 0 Å². The first-order valence-corrected chi connectivity index (χ1v) is 9.09. The van der Waals surface area contributed by atoms with E-state index in [2.05, 4.69) is 17.5 Å². The van der Waals surface area contributed by atoms with Crippen molar-refractivity contribution in [3.05, 3.63) is 42.2 Å². The lowest BCUT2D eigenvalue weighted by molar-refractivity contribution is -0.146. The van der Waals surface area contributed by atoms with Gasteiger partial charge in [-0.1, -0.05) is 12.2 Å². The summed E-state index contributed by atoms with van der Waals surface area (Å²) in [6, 6.07) is 4.50. The van der Waals surface area contributed by atoms with Gasteiger partial charge in [0.15, 0.2) is 0 Å². The van der Waals surface area contributed by atoms with E-state index in [-0.39, 0.29) is 35.5 Å². The summed E-state index contributed by atoms with van der Waals surface area (Å²) in [5, 5.41) is 2.66. The molecule has 0 radical (unpaired) electrons. The number of imide groups is 1. The van der Waals surface area contributed by atoms with E-state index in [0.29, 0.717) is 17.5 Å². The van der Waals surface area contributed by atoms with Crippen molar-refractivity contribution in [3.8, 4) is 0 Å². The molecule has 7 atom stereocenters. The third kappa shape index (κ3) is 2.04. The second kappa shape index (κ2) is 5.25. The number of amides is 3. The number of nitrogens with one attached hydrogen (secondary N) is 1. The van der Waals surface area contributed by atoms with Crippen molar-refractivity contribution < 1.29 is 18.8 Å². The minimum Gasteiger partial charge on any atom is -0.324 e. The lowest BCUT2D eigenvalue weighted by Gasteiger charge is -2.37. The fourth-order valence-corrected chi connectivity index (χ4v) is 5.26. The molecule has 26 heavy (non-hydrogen) atoms. The van der Waals surface area contributed by atoms with Crippen LogP contribution in [-0.4, -0.2) is 28.7 Å². The van der Waals surface area contributed by atoms with Gasteiger partial charge in [0.05, 0.1) is 11.8 Å². The number of carbonyl (C=O) groups excluding carboxylic acids is 3. The fraction of sp³-hybridized carbons (Fsp3) is 0.450. The molecule has 2 bridgehead atoms. The van der Waals surface area contributed by atoms with Crippen LogP contribution in [0.25, 0.3) is 0 Å². The summed E-state index contributed by atoms with van der Waals surface area (Å²) in [5.41, 5.74) is 0.433. The highest BCUT2D eigenvalue weighted by molar-refractivity contribution is 6.10. The Morgan fingerprint density at radius 2 is 1.62 bits per heavy atom. The Balaban J connectivity index is 1.37. The Morgan fingerprint density at radius 1 is 1.08 bits per heavy atom. The van der Waals surface area contributed by atoms with E-state index in [4.69, 9.17) is 0 Å². The molecule has 5 nitrogen and oxygen atoms in total. The molecule has 3 amide bonds. The number of carbonyl (C=O) groups is 3. The topological polar surface area (TPSA) is 66.5 Å². The molecule has 4 aliphatic carbocycles. The molecule has 6 heteroatoms. The van der Waals surface area contributed by atoms with Gasteiger partial charge in [-0.2, -0.15) is 0 Å². The average Bonchev–Trinajstić information content (AvgIpc) is 3.41. The van der Waals surface area contributed by atoms with Gasteiger partial charge in [0.2, 0.25) is 17.7 Å². The molecule has 3 fully saturated rings. The first kappa shape index (κ1) is 15.7. The SMILES string of the molecule is C[C@H](C(=O)Nc1ccc(F)cc1)N1C(=O)[C@H]2[C@@H]3C=C[C@H]([C@H]4C[C@H]34)[C@@H]2C1=O. The maximum atomic E-state index is 13.0. The van der Waals surface area contributed by atoms with Gasteiger partial charge in [-0.3, -0.25) is 19.3 Å². The molecule has 6 rings (SSSR count). The molecule has 1 N–H and O–H groups in total. The predicted molar refractivity (Wildman–Crippen MR) is 91.0 cm³/mol. The molecule has 5 aliphatic rings. The number of anilines is 1. The van der Waals surface area contributed by atoms with E-state index in [1.807, 2.05) is 0 Å². The van der Waals surface area contributed by atoms with E-state index in [0.717, 1.165) is 11.3 Å². The van der Waals surface area contributed by atoms with Crippen LogP contribution in [0.2, 0.25) is 0 Å². The molecule has 1 aromatic rings. The minimum atomic E-state index is -0.888. The quantitative estimate of drug-likeness (QED) is 0.668. The summed E-state index contributed by atoms with van der Waals surface area (Å²) in [6.45, 7) is 1.57. The number of hydrogen-bond donors (Lipinski definition) is 1. The van der Waals surface area contributed by atoms with Crippen LogP contribution < -0.4 is 5.32 Å². The van der Waals surface area contributed by atoms with Crippen LogP contribution in [0, 0.1) is 41.3 Å². The van der Waals surface area contributed by atoms with Gasteiger partial charge >= 0.3 is 0 Å². The van der Waals surface area contributed by atoms with Crippen molar-refractivity contribution in [2.24, 2.45) is 35.5 Å². The summed E-state index contributed by atoms with van der Waals surface area (Å²) in [7, 11) is 0. The van der Waals surface area contributed by atoms with Crippen molar-refractivity contribution in [2.75, 3.05) is 5.32 Å². The third-order valence-corrected chi connectivity index (χ3v) is 6.58. The van der Waals surface area contributed by atoms with Gasteiger partial charge in [0.25, 0.3) is 0 Å². The van der Waals surface area contributed by atoms with Gasteiger partial charge in [-0.25, -0.2) is 4.39 Å². The van der Waals surface area contributed by atoms with Gasteiger partial charge in [0.1, 0.15) is 11.9 Å². The first-order valence-electron chi connectivity index (χ1n) is 9.09. The molecular formula is C20H19FN2O3. The molecule has 1 aliphatic heterocycles. The summed E-state index contributed by atoms with van der Waals surface area (Å²) in [6.07, 6.45) is 5.33. The van der Waals surface area contributed by atoms with Crippen LogP contribution in [0.1, 0.15) is 13.3 Å². The van der Waals surface area contributed by atoms with Crippen molar-refractivity contribution in [1.82, 2.24) is 4.90 Å². The van der Waals surface area contributed by atoms with E-state index >= 15 is 0 Å². The number of benzene rings is 1. The van der Waals surface area contributed by atoms with E-state index in [1.165, 1.54) is 24.3 Å². The van der Waals surface area contributed by atoms with Gasteiger partial charge in [0, 0.05) is 5.69 Å². The normalized spacial score (nSPS) is 37.4. The zero-order chi connectivity index (χ0) is 18.2. The Hall–Kier alpha value is -2.50. The Labute approximate surface area is 150 Å². The lowest BCUT2D eigenvalue weighted by atomic mass is 9.63. The van der Waals surface area contributed by atoms with E-state index < -0.39 is 17.8 Å². The Morgan fingerprint density at radius 3 is 2.15 bits per heavy atom. The summed E-state index contributed by atoms with van der Waals surface area (Å²) in [4.78, 5) is 39.7. The van der Waals surface area contributed by atoms with Crippen molar-refractivity contribution in [3.63, 3.8) is 0 Å². The smallest absolute Gasteiger partial charge is 0.247 e. The third-order valence-electron chi connectivity index (χ3n) is 6.58. The summed E-state index contributed by atoms with van der Waals surface area (Å²) in [5.74, 6) is -0.526. The van der Waals surface area contributed by atoms with Crippen LogP contribution in [0.15, 0.2) is 36.4 Å². The highest BCUT2D eigenvalue weighted by atomic mass is 19.1. The highest BCUT2D eigenvalue weighted by Crippen LogP contribution is 2.65. The molecule has 134 valence electrons. The Kier molecular flexibility index (Phi) is 3.18. The second-order valence-electron chi connectivity index (χ2n) is 7.87. The van der Waals surface area contributed by atoms with E-state index in [1.54, 1.807) is 6.92 Å². The zero-order valence-corrected chi connectivity index (χ0v) is 14.3. The van der Waals surface area contributed by atoms with Crippen LogP contribution in [-0.2, 0) is 14.4 Å². The number of likely N-dealkylation sites (tertiary alicyclic amines) is 1. The summed E-state index contributed by atoms with van der Waals surface area (Å²) < 4.78 is 13.0. The molecule has 1 heterocycles. The van der Waals surface area contributed by atoms with Gasteiger partial charge in [-0.15, -0.1) is 0 Å². The number of allylic oxidation sites excluding steroid dienone is 2.